The summed E-state index contributed by atoms with van der Waals surface area (Å²) in [6, 6.07) is 7.85. The Morgan fingerprint density at radius 2 is 2.10 bits per heavy atom. The number of nitrogens with zero attached hydrogens (tertiary/aromatic N) is 1. The van der Waals surface area contributed by atoms with Gasteiger partial charge < -0.3 is 10.2 Å². The van der Waals surface area contributed by atoms with Gasteiger partial charge in [-0.2, -0.15) is 0 Å². The van der Waals surface area contributed by atoms with Crippen molar-refractivity contribution >= 4 is 17.5 Å². The van der Waals surface area contributed by atoms with E-state index in [1.807, 2.05) is 49.9 Å². The van der Waals surface area contributed by atoms with E-state index in [4.69, 9.17) is 0 Å². The van der Waals surface area contributed by atoms with Gasteiger partial charge in [-0.05, 0) is 29.5 Å². The first-order valence-corrected chi connectivity index (χ1v) is 7.51. The van der Waals surface area contributed by atoms with E-state index < -0.39 is 0 Å². The van der Waals surface area contributed by atoms with Gasteiger partial charge in [0, 0.05) is 31.6 Å². The van der Waals surface area contributed by atoms with E-state index in [2.05, 4.69) is 5.32 Å². The largest absolute Gasteiger partial charge is 0.352 e. The van der Waals surface area contributed by atoms with Crippen LogP contribution in [0.3, 0.4) is 0 Å². The van der Waals surface area contributed by atoms with E-state index in [1.165, 1.54) is 0 Å². The number of nitrogens with one attached hydrogen (secondary N) is 1. The zero-order valence-corrected chi connectivity index (χ0v) is 13.1. The van der Waals surface area contributed by atoms with Crippen molar-refractivity contribution < 1.29 is 9.59 Å². The summed E-state index contributed by atoms with van der Waals surface area (Å²) in [5, 5.41) is 2.94. The first-order valence-electron chi connectivity index (χ1n) is 7.51. The van der Waals surface area contributed by atoms with Crippen molar-refractivity contribution in [2.45, 2.75) is 46.6 Å². The number of carbonyl (C=O) groups excluding carboxylic acids is 2. The summed E-state index contributed by atoms with van der Waals surface area (Å²) in [6.45, 7) is 7.44. The van der Waals surface area contributed by atoms with Gasteiger partial charge >= 0.3 is 0 Å². The molecule has 4 nitrogen and oxygen atoms in total. The summed E-state index contributed by atoms with van der Waals surface area (Å²) in [5.41, 5.74) is 1.95. The SMILES string of the molecule is CC(C)(C)CC(=O)NCc1cccc(N2CCCC2=O)c1. The van der Waals surface area contributed by atoms with Crippen LogP contribution in [-0.2, 0) is 16.1 Å². The fourth-order valence-corrected chi connectivity index (χ4v) is 2.50. The molecule has 2 amide bonds. The van der Waals surface area contributed by atoms with Gasteiger partial charge in [0.1, 0.15) is 0 Å². The predicted octanol–water partition coefficient (Wildman–Crippen LogP) is 2.87. The number of carbonyl (C=O) groups is 2. The molecular weight excluding hydrogens is 264 g/mol. The number of hydrogen-bond donors (Lipinski definition) is 1. The van der Waals surface area contributed by atoms with Crippen LogP contribution in [-0.4, -0.2) is 18.4 Å². The number of hydrogen-bond acceptors (Lipinski definition) is 2. The van der Waals surface area contributed by atoms with Gasteiger partial charge in [-0.3, -0.25) is 9.59 Å². The maximum absolute atomic E-state index is 11.8. The molecule has 0 bridgehead atoms. The molecule has 0 radical (unpaired) electrons. The molecule has 2 rings (SSSR count). The zero-order valence-electron chi connectivity index (χ0n) is 13.1. The van der Waals surface area contributed by atoms with Crippen molar-refractivity contribution in [3.63, 3.8) is 0 Å². The van der Waals surface area contributed by atoms with Crippen molar-refractivity contribution in [1.82, 2.24) is 5.32 Å². The number of benzene rings is 1. The average Bonchev–Trinajstić information content (AvgIpc) is 2.81. The van der Waals surface area contributed by atoms with E-state index >= 15 is 0 Å². The second kappa shape index (κ2) is 6.29. The van der Waals surface area contributed by atoms with Crippen LogP contribution in [0.5, 0.6) is 0 Å². The summed E-state index contributed by atoms with van der Waals surface area (Å²) in [7, 11) is 0. The number of rotatable bonds is 4. The fourth-order valence-electron chi connectivity index (χ4n) is 2.50. The molecule has 0 spiro atoms. The highest BCUT2D eigenvalue weighted by atomic mass is 16.2. The molecule has 114 valence electrons. The third-order valence-corrected chi connectivity index (χ3v) is 3.48. The third kappa shape index (κ3) is 4.59. The van der Waals surface area contributed by atoms with Crippen LogP contribution in [0.1, 0.15) is 45.6 Å². The van der Waals surface area contributed by atoms with Gasteiger partial charge in [0.2, 0.25) is 11.8 Å². The fraction of sp³-hybridized carbons (Fsp3) is 0.529. The highest BCUT2D eigenvalue weighted by molar-refractivity contribution is 5.95. The molecule has 1 aliphatic heterocycles. The smallest absolute Gasteiger partial charge is 0.227 e. The van der Waals surface area contributed by atoms with Gasteiger partial charge in [-0.15, -0.1) is 0 Å². The average molecular weight is 288 g/mol. The van der Waals surface area contributed by atoms with E-state index in [1.54, 1.807) is 0 Å². The molecule has 1 aromatic rings. The first kappa shape index (κ1) is 15.5. The maximum Gasteiger partial charge on any atom is 0.227 e. The Morgan fingerprint density at radius 1 is 1.33 bits per heavy atom. The monoisotopic (exact) mass is 288 g/mol. The molecule has 1 fully saturated rings. The summed E-state index contributed by atoms with van der Waals surface area (Å²) < 4.78 is 0. The van der Waals surface area contributed by atoms with Crippen molar-refractivity contribution in [1.29, 1.82) is 0 Å². The number of anilines is 1. The molecule has 1 saturated heterocycles. The second-order valence-electron chi connectivity index (χ2n) is 6.83. The zero-order chi connectivity index (χ0) is 15.5. The Bertz CT molecular complexity index is 532. The Kier molecular flexibility index (Phi) is 4.66. The third-order valence-electron chi connectivity index (χ3n) is 3.48. The summed E-state index contributed by atoms with van der Waals surface area (Å²) in [6.07, 6.45) is 2.06. The van der Waals surface area contributed by atoms with Gasteiger partial charge in [-0.1, -0.05) is 32.9 Å². The van der Waals surface area contributed by atoms with Crippen LogP contribution < -0.4 is 10.2 Å². The van der Waals surface area contributed by atoms with Crippen LogP contribution in [0.4, 0.5) is 5.69 Å². The van der Waals surface area contributed by atoms with Gasteiger partial charge in [-0.25, -0.2) is 0 Å². The standard InChI is InChI=1S/C17H24N2O2/c1-17(2,3)11-15(20)18-12-13-6-4-7-14(10-13)19-9-5-8-16(19)21/h4,6-7,10H,5,8-9,11-12H2,1-3H3,(H,18,20). The highest BCUT2D eigenvalue weighted by Gasteiger charge is 2.21. The van der Waals surface area contributed by atoms with E-state index in [0.717, 1.165) is 24.2 Å². The van der Waals surface area contributed by atoms with Crippen LogP contribution in [0.2, 0.25) is 0 Å². The summed E-state index contributed by atoms with van der Waals surface area (Å²) in [4.78, 5) is 25.4. The molecule has 0 unspecified atom stereocenters. The van der Waals surface area contributed by atoms with Gasteiger partial charge in [0.15, 0.2) is 0 Å². The summed E-state index contributed by atoms with van der Waals surface area (Å²) in [5.74, 6) is 0.245. The molecule has 0 atom stereocenters. The lowest BCUT2D eigenvalue weighted by atomic mass is 9.92. The molecular formula is C17H24N2O2. The minimum Gasteiger partial charge on any atom is -0.352 e. The Labute approximate surface area is 126 Å². The predicted molar refractivity (Wildman–Crippen MR) is 83.9 cm³/mol. The minimum atomic E-state index is -0.00605. The molecule has 4 heteroatoms. The van der Waals surface area contributed by atoms with Crippen molar-refractivity contribution in [2.75, 3.05) is 11.4 Å². The van der Waals surface area contributed by atoms with E-state index in [0.29, 0.717) is 19.4 Å². The summed E-state index contributed by atoms with van der Waals surface area (Å²) >= 11 is 0. The Balaban J connectivity index is 1.95. The Hall–Kier alpha value is -1.84. The molecule has 1 aromatic carbocycles. The lowest BCUT2D eigenvalue weighted by Crippen LogP contribution is -2.27. The van der Waals surface area contributed by atoms with Gasteiger partial charge in [0.25, 0.3) is 0 Å². The van der Waals surface area contributed by atoms with Crippen LogP contribution >= 0.6 is 0 Å². The second-order valence-corrected chi connectivity index (χ2v) is 6.83. The van der Waals surface area contributed by atoms with Crippen LogP contribution in [0.25, 0.3) is 0 Å². The molecule has 0 aliphatic carbocycles. The van der Waals surface area contributed by atoms with Crippen molar-refractivity contribution in [3.8, 4) is 0 Å². The molecule has 1 aliphatic rings. The molecule has 1 N–H and O–H groups in total. The molecule has 0 saturated carbocycles. The maximum atomic E-state index is 11.8. The normalized spacial score (nSPS) is 15.4. The topological polar surface area (TPSA) is 49.4 Å². The van der Waals surface area contributed by atoms with Gasteiger partial charge in [0.05, 0.1) is 0 Å². The number of amides is 2. The molecule has 1 heterocycles. The van der Waals surface area contributed by atoms with Crippen molar-refractivity contribution in [2.24, 2.45) is 5.41 Å². The van der Waals surface area contributed by atoms with Crippen LogP contribution in [0.15, 0.2) is 24.3 Å². The van der Waals surface area contributed by atoms with E-state index in [-0.39, 0.29) is 17.2 Å². The first-order chi connectivity index (χ1) is 9.85. The minimum absolute atomic E-state index is 0.00605. The Morgan fingerprint density at radius 3 is 2.71 bits per heavy atom. The lowest BCUT2D eigenvalue weighted by Gasteiger charge is -2.18. The molecule has 0 aromatic heterocycles. The van der Waals surface area contributed by atoms with E-state index in [9.17, 15) is 9.59 Å². The van der Waals surface area contributed by atoms with Crippen molar-refractivity contribution in [3.05, 3.63) is 29.8 Å². The quantitative estimate of drug-likeness (QED) is 0.926. The lowest BCUT2D eigenvalue weighted by molar-refractivity contribution is -0.123. The molecule has 21 heavy (non-hydrogen) atoms. The highest BCUT2D eigenvalue weighted by Crippen LogP contribution is 2.22. The van der Waals surface area contributed by atoms with Crippen LogP contribution in [0, 0.1) is 5.41 Å².